The first-order chi connectivity index (χ1) is 13.8. The molecule has 0 aromatic heterocycles. The van der Waals surface area contributed by atoms with Gasteiger partial charge in [-0.1, -0.05) is 125 Å². The van der Waals surface area contributed by atoms with Crippen LogP contribution in [0.15, 0.2) is 0 Å². The molecule has 0 amide bonds. The van der Waals surface area contributed by atoms with Gasteiger partial charge >= 0.3 is 5.97 Å². The highest BCUT2D eigenvalue weighted by atomic mass is 16.4. The van der Waals surface area contributed by atoms with Crippen LogP contribution in [0.3, 0.4) is 0 Å². The van der Waals surface area contributed by atoms with Gasteiger partial charge in [-0.3, -0.25) is 4.79 Å². The van der Waals surface area contributed by atoms with Crippen LogP contribution in [-0.2, 0) is 4.79 Å². The Bertz CT molecular complexity index is 369. The van der Waals surface area contributed by atoms with Crippen molar-refractivity contribution in [1.82, 2.24) is 0 Å². The van der Waals surface area contributed by atoms with E-state index < -0.39 is 5.97 Å². The maximum absolute atomic E-state index is 11.6. The average Bonchev–Trinajstić information content (AvgIpc) is 2.62. The van der Waals surface area contributed by atoms with Crippen molar-refractivity contribution in [3.63, 3.8) is 0 Å². The minimum atomic E-state index is -0.581. The fourth-order valence-electron chi connectivity index (χ4n) is 4.61. The van der Waals surface area contributed by atoms with Crippen molar-refractivity contribution < 1.29 is 9.90 Å². The molecule has 1 N–H and O–H groups in total. The molecule has 0 fully saturated rings. The molecular weight excluding hydrogens is 356 g/mol. The third-order valence-corrected chi connectivity index (χ3v) is 6.22. The Morgan fingerprint density at radius 2 is 1.10 bits per heavy atom. The van der Waals surface area contributed by atoms with Crippen LogP contribution in [0.2, 0.25) is 0 Å². The van der Waals surface area contributed by atoms with Gasteiger partial charge in [0.2, 0.25) is 0 Å². The summed E-state index contributed by atoms with van der Waals surface area (Å²) >= 11 is 0. The third kappa shape index (κ3) is 20.5. The molecule has 0 spiro atoms. The highest BCUT2D eigenvalue weighted by Crippen LogP contribution is 2.28. The number of hydrogen-bond donors (Lipinski definition) is 1. The summed E-state index contributed by atoms with van der Waals surface area (Å²) in [6.07, 6.45) is 22.9. The van der Waals surface area contributed by atoms with Crippen LogP contribution in [-0.4, -0.2) is 11.1 Å². The first-order valence-corrected chi connectivity index (χ1v) is 13.0. The van der Waals surface area contributed by atoms with E-state index in [1.807, 2.05) is 0 Å². The predicted octanol–water partition coefficient (Wildman–Crippen LogP) is 9.41. The molecule has 2 atom stereocenters. The number of carboxylic acids is 1. The van der Waals surface area contributed by atoms with Gasteiger partial charge in [-0.25, -0.2) is 0 Å². The summed E-state index contributed by atoms with van der Waals surface area (Å²) in [5, 5.41) is 9.52. The lowest BCUT2D eigenvalue weighted by atomic mass is 9.82. The first-order valence-electron chi connectivity index (χ1n) is 13.0. The molecule has 0 saturated heterocycles. The lowest BCUT2D eigenvalue weighted by Crippen LogP contribution is -2.17. The highest BCUT2D eigenvalue weighted by molar-refractivity contribution is 5.69. The molecule has 0 aliphatic rings. The van der Waals surface area contributed by atoms with Crippen molar-refractivity contribution >= 4 is 5.97 Å². The van der Waals surface area contributed by atoms with Crippen LogP contribution in [0, 0.1) is 17.3 Å². The summed E-state index contributed by atoms with van der Waals surface area (Å²) in [4.78, 5) is 11.6. The highest BCUT2D eigenvalue weighted by Gasteiger charge is 2.20. The second-order valence-electron chi connectivity index (χ2n) is 10.9. The summed E-state index contributed by atoms with van der Waals surface area (Å²) < 4.78 is 0. The van der Waals surface area contributed by atoms with E-state index in [-0.39, 0.29) is 5.92 Å². The standard InChI is InChI=1S/C27H54O2/c1-6-7-8-9-10-11-12-13-14-15-16-17-18-19-20-25(26(28)29)22-21-24(2)23-27(3,4)5/h24-25H,6-23H2,1-5H3,(H,28,29). The van der Waals surface area contributed by atoms with E-state index in [1.54, 1.807) is 0 Å². The van der Waals surface area contributed by atoms with E-state index in [4.69, 9.17) is 0 Å². The Balaban J connectivity index is 3.57. The van der Waals surface area contributed by atoms with E-state index in [0.717, 1.165) is 25.7 Å². The minimum absolute atomic E-state index is 0.130. The Labute approximate surface area is 183 Å². The average molecular weight is 411 g/mol. The number of carboxylic acid groups (broad SMARTS) is 1. The molecule has 0 aliphatic heterocycles. The molecular formula is C27H54O2. The SMILES string of the molecule is CCCCCCCCCCCCCCCCC(CCC(C)CC(C)(C)C)C(=O)O. The van der Waals surface area contributed by atoms with Crippen molar-refractivity contribution in [2.45, 2.75) is 150 Å². The fourth-order valence-corrected chi connectivity index (χ4v) is 4.61. The minimum Gasteiger partial charge on any atom is -0.481 e. The van der Waals surface area contributed by atoms with Crippen molar-refractivity contribution in [3.05, 3.63) is 0 Å². The number of carbonyl (C=O) groups is 1. The van der Waals surface area contributed by atoms with Gasteiger partial charge in [-0.05, 0) is 37.0 Å². The fraction of sp³-hybridized carbons (Fsp3) is 0.963. The monoisotopic (exact) mass is 410 g/mol. The molecule has 0 heterocycles. The second-order valence-corrected chi connectivity index (χ2v) is 10.9. The third-order valence-electron chi connectivity index (χ3n) is 6.22. The lowest BCUT2D eigenvalue weighted by molar-refractivity contribution is -0.142. The molecule has 29 heavy (non-hydrogen) atoms. The first kappa shape index (κ1) is 28.5. The predicted molar refractivity (Wildman–Crippen MR) is 129 cm³/mol. The zero-order valence-corrected chi connectivity index (χ0v) is 20.7. The molecule has 0 aromatic carbocycles. The van der Waals surface area contributed by atoms with Crippen molar-refractivity contribution in [2.75, 3.05) is 0 Å². The lowest BCUT2D eigenvalue weighted by Gasteiger charge is -2.24. The Morgan fingerprint density at radius 3 is 1.48 bits per heavy atom. The summed E-state index contributed by atoms with van der Waals surface area (Å²) in [5.74, 6) is -0.0920. The van der Waals surface area contributed by atoms with E-state index in [1.165, 1.54) is 89.9 Å². The maximum atomic E-state index is 11.6. The Kier molecular flexibility index (Phi) is 17.9. The summed E-state index contributed by atoms with van der Waals surface area (Å²) in [6.45, 7) is 11.4. The van der Waals surface area contributed by atoms with Crippen LogP contribution in [0.4, 0.5) is 0 Å². The normalized spacial score (nSPS) is 14.1. The number of aliphatic carboxylic acids is 1. The maximum Gasteiger partial charge on any atom is 0.306 e. The molecule has 0 bridgehead atoms. The largest absolute Gasteiger partial charge is 0.481 e. The molecule has 0 rings (SSSR count). The second kappa shape index (κ2) is 18.3. The molecule has 0 aromatic rings. The van der Waals surface area contributed by atoms with Crippen LogP contribution >= 0.6 is 0 Å². The summed E-state index contributed by atoms with van der Waals surface area (Å²) in [7, 11) is 0. The smallest absolute Gasteiger partial charge is 0.306 e. The Morgan fingerprint density at radius 1 is 0.690 bits per heavy atom. The van der Waals surface area contributed by atoms with Gasteiger partial charge in [-0.2, -0.15) is 0 Å². The van der Waals surface area contributed by atoms with Gasteiger partial charge in [0.1, 0.15) is 0 Å². The molecule has 0 aliphatic carbocycles. The summed E-state index contributed by atoms with van der Waals surface area (Å²) in [5.41, 5.74) is 0.340. The number of rotatable bonds is 20. The van der Waals surface area contributed by atoms with E-state index in [0.29, 0.717) is 11.3 Å². The van der Waals surface area contributed by atoms with Crippen LogP contribution in [0.5, 0.6) is 0 Å². The molecule has 0 radical (unpaired) electrons. The van der Waals surface area contributed by atoms with Crippen LogP contribution in [0.25, 0.3) is 0 Å². The van der Waals surface area contributed by atoms with Gasteiger partial charge in [0.15, 0.2) is 0 Å². The van der Waals surface area contributed by atoms with Gasteiger partial charge < -0.3 is 5.11 Å². The summed E-state index contributed by atoms with van der Waals surface area (Å²) in [6, 6.07) is 0. The van der Waals surface area contributed by atoms with Crippen molar-refractivity contribution in [2.24, 2.45) is 17.3 Å². The zero-order valence-electron chi connectivity index (χ0n) is 20.7. The quantitative estimate of drug-likeness (QED) is 0.203. The van der Waals surface area contributed by atoms with Crippen LogP contribution < -0.4 is 0 Å². The number of hydrogen-bond acceptors (Lipinski definition) is 1. The van der Waals surface area contributed by atoms with E-state index in [2.05, 4.69) is 34.6 Å². The zero-order chi connectivity index (χ0) is 22.0. The van der Waals surface area contributed by atoms with Crippen LogP contribution in [0.1, 0.15) is 150 Å². The number of unbranched alkanes of at least 4 members (excludes halogenated alkanes) is 13. The van der Waals surface area contributed by atoms with Crippen molar-refractivity contribution in [3.8, 4) is 0 Å². The van der Waals surface area contributed by atoms with Gasteiger partial charge in [-0.15, -0.1) is 0 Å². The Hall–Kier alpha value is -0.530. The van der Waals surface area contributed by atoms with Gasteiger partial charge in [0.05, 0.1) is 5.92 Å². The van der Waals surface area contributed by atoms with Gasteiger partial charge in [0, 0.05) is 0 Å². The molecule has 0 saturated carbocycles. The molecule has 2 heteroatoms. The molecule has 174 valence electrons. The molecule has 2 nitrogen and oxygen atoms in total. The topological polar surface area (TPSA) is 37.3 Å². The van der Waals surface area contributed by atoms with Crippen molar-refractivity contribution in [1.29, 1.82) is 0 Å². The van der Waals surface area contributed by atoms with E-state index >= 15 is 0 Å². The molecule has 2 unspecified atom stereocenters. The van der Waals surface area contributed by atoms with E-state index in [9.17, 15) is 9.90 Å². The van der Waals surface area contributed by atoms with Gasteiger partial charge in [0.25, 0.3) is 0 Å².